The topological polar surface area (TPSA) is 53.6 Å². The molecule has 0 aliphatic carbocycles. The molecule has 0 fully saturated rings. The third-order valence-corrected chi connectivity index (χ3v) is 4.16. The smallest absolute Gasteiger partial charge is 0.137 e. The maximum Gasteiger partial charge on any atom is 0.137 e. The fourth-order valence-corrected chi connectivity index (χ4v) is 2.98. The van der Waals surface area contributed by atoms with Crippen molar-refractivity contribution in [2.75, 3.05) is 11.9 Å². The van der Waals surface area contributed by atoms with Crippen LogP contribution >= 0.6 is 11.6 Å². The molecule has 0 spiro atoms. The third kappa shape index (κ3) is 4.06. The number of H-pyrrole nitrogens is 1. The van der Waals surface area contributed by atoms with E-state index in [1.165, 1.54) is 6.42 Å². The zero-order valence-corrected chi connectivity index (χ0v) is 15.1. The normalized spacial score (nSPS) is 11.8. The van der Waals surface area contributed by atoms with E-state index in [0.717, 1.165) is 40.9 Å². The fraction of sp³-hybridized carbons (Fsp3) is 0.368. The number of halogens is 1. The SMILES string of the molecule is CC(C)(C)CCCNc1cc(-c2c[nH]c3ncccc23)cc(Cl)n1. The van der Waals surface area contributed by atoms with Gasteiger partial charge in [0.25, 0.3) is 0 Å². The zero-order valence-electron chi connectivity index (χ0n) is 14.4. The highest BCUT2D eigenvalue weighted by atomic mass is 35.5. The molecule has 0 amide bonds. The summed E-state index contributed by atoms with van der Waals surface area (Å²) in [6, 6.07) is 7.92. The molecule has 4 nitrogen and oxygen atoms in total. The Bertz CT molecular complexity index is 833. The number of aromatic amines is 1. The number of rotatable bonds is 5. The Hall–Kier alpha value is -2.07. The van der Waals surface area contributed by atoms with Crippen LogP contribution in [0.5, 0.6) is 0 Å². The van der Waals surface area contributed by atoms with E-state index >= 15 is 0 Å². The monoisotopic (exact) mass is 342 g/mol. The van der Waals surface area contributed by atoms with Crippen LogP contribution in [-0.2, 0) is 0 Å². The van der Waals surface area contributed by atoms with Crippen LogP contribution in [0.15, 0.2) is 36.7 Å². The van der Waals surface area contributed by atoms with E-state index in [2.05, 4.69) is 47.1 Å². The van der Waals surface area contributed by atoms with E-state index in [9.17, 15) is 0 Å². The molecule has 126 valence electrons. The maximum absolute atomic E-state index is 6.23. The predicted molar refractivity (Wildman–Crippen MR) is 102 cm³/mol. The molecule has 3 heterocycles. The van der Waals surface area contributed by atoms with Gasteiger partial charge in [0, 0.05) is 29.9 Å². The molecule has 2 N–H and O–H groups in total. The van der Waals surface area contributed by atoms with Crippen molar-refractivity contribution in [3.05, 3.63) is 41.8 Å². The van der Waals surface area contributed by atoms with E-state index in [1.807, 2.05) is 24.4 Å². The first-order valence-corrected chi connectivity index (χ1v) is 8.64. The van der Waals surface area contributed by atoms with Gasteiger partial charge in [-0.25, -0.2) is 9.97 Å². The Morgan fingerprint density at radius 3 is 2.88 bits per heavy atom. The van der Waals surface area contributed by atoms with Crippen LogP contribution in [0, 0.1) is 5.41 Å². The highest BCUT2D eigenvalue weighted by Crippen LogP contribution is 2.30. The quantitative estimate of drug-likeness (QED) is 0.474. The second-order valence-corrected chi connectivity index (χ2v) is 7.64. The lowest BCUT2D eigenvalue weighted by atomic mass is 9.91. The number of nitrogens with zero attached hydrogens (tertiary/aromatic N) is 2. The summed E-state index contributed by atoms with van der Waals surface area (Å²) in [5.74, 6) is 0.810. The summed E-state index contributed by atoms with van der Waals surface area (Å²) >= 11 is 6.23. The van der Waals surface area contributed by atoms with Gasteiger partial charge in [-0.1, -0.05) is 32.4 Å². The van der Waals surface area contributed by atoms with Gasteiger partial charge in [-0.3, -0.25) is 0 Å². The van der Waals surface area contributed by atoms with E-state index in [0.29, 0.717) is 10.6 Å². The number of hydrogen-bond acceptors (Lipinski definition) is 3. The van der Waals surface area contributed by atoms with Crippen molar-refractivity contribution in [3.8, 4) is 11.1 Å². The Balaban J connectivity index is 1.79. The fourth-order valence-electron chi connectivity index (χ4n) is 2.77. The first-order chi connectivity index (χ1) is 11.4. The van der Waals surface area contributed by atoms with E-state index in [4.69, 9.17) is 11.6 Å². The number of nitrogens with one attached hydrogen (secondary N) is 2. The molecule has 0 radical (unpaired) electrons. The minimum absolute atomic E-state index is 0.353. The maximum atomic E-state index is 6.23. The molecule has 3 aromatic rings. The molecular formula is C19H23ClN4. The van der Waals surface area contributed by atoms with Crippen LogP contribution in [0.1, 0.15) is 33.6 Å². The molecule has 0 saturated heterocycles. The van der Waals surface area contributed by atoms with Crippen molar-refractivity contribution in [1.29, 1.82) is 0 Å². The number of aromatic nitrogens is 3. The summed E-state index contributed by atoms with van der Waals surface area (Å²) in [4.78, 5) is 11.9. The zero-order chi connectivity index (χ0) is 17.2. The van der Waals surface area contributed by atoms with Crippen LogP contribution in [0.25, 0.3) is 22.2 Å². The van der Waals surface area contributed by atoms with Crippen LogP contribution in [0.4, 0.5) is 5.82 Å². The third-order valence-electron chi connectivity index (χ3n) is 3.97. The minimum Gasteiger partial charge on any atom is -0.370 e. The summed E-state index contributed by atoms with van der Waals surface area (Å²) in [7, 11) is 0. The summed E-state index contributed by atoms with van der Waals surface area (Å²) in [5.41, 5.74) is 3.35. The lowest BCUT2D eigenvalue weighted by Crippen LogP contribution is -2.10. The second-order valence-electron chi connectivity index (χ2n) is 7.26. The lowest BCUT2D eigenvalue weighted by molar-refractivity contribution is 0.370. The van der Waals surface area contributed by atoms with Gasteiger partial charge in [0.15, 0.2) is 0 Å². The molecule has 5 heteroatoms. The number of pyridine rings is 2. The average Bonchev–Trinajstić information content (AvgIpc) is 2.94. The first-order valence-electron chi connectivity index (χ1n) is 8.26. The van der Waals surface area contributed by atoms with Gasteiger partial charge in [0.05, 0.1) is 0 Å². The minimum atomic E-state index is 0.353. The van der Waals surface area contributed by atoms with E-state index in [-0.39, 0.29) is 0 Å². The molecule has 0 aliphatic rings. The van der Waals surface area contributed by atoms with Crippen LogP contribution in [0.2, 0.25) is 5.15 Å². The van der Waals surface area contributed by atoms with Crippen LogP contribution in [-0.4, -0.2) is 21.5 Å². The largest absolute Gasteiger partial charge is 0.370 e. The van der Waals surface area contributed by atoms with Gasteiger partial charge in [0.1, 0.15) is 16.6 Å². The molecule has 3 rings (SSSR count). The van der Waals surface area contributed by atoms with E-state index < -0.39 is 0 Å². The number of anilines is 1. The highest BCUT2D eigenvalue weighted by molar-refractivity contribution is 6.29. The molecule has 0 atom stereocenters. The Labute approximate surface area is 147 Å². The Kier molecular flexibility index (Phi) is 4.76. The van der Waals surface area contributed by atoms with Gasteiger partial charge in [-0.2, -0.15) is 0 Å². The van der Waals surface area contributed by atoms with Crippen molar-refractivity contribution >= 4 is 28.5 Å². The van der Waals surface area contributed by atoms with Crippen molar-refractivity contribution in [2.45, 2.75) is 33.6 Å². The lowest BCUT2D eigenvalue weighted by Gasteiger charge is -2.18. The van der Waals surface area contributed by atoms with Crippen molar-refractivity contribution in [2.24, 2.45) is 5.41 Å². The van der Waals surface area contributed by atoms with Gasteiger partial charge in [-0.05, 0) is 48.1 Å². The molecule has 0 aliphatic heterocycles. The second kappa shape index (κ2) is 6.81. The van der Waals surface area contributed by atoms with Crippen molar-refractivity contribution in [3.63, 3.8) is 0 Å². The molecule has 0 unspecified atom stereocenters. The molecule has 0 aromatic carbocycles. The Morgan fingerprint density at radius 1 is 1.25 bits per heavy atom. The van der Waals surface area contributed by atoms with Gasteiger partial charge in [0.2, 0.25) is 0 Å². The summed E-state index contributed by atoms with van der Waals surface area (Å²) in [6.07, 6.45) is 6.02. The molecule has 0 bridgehead atoms. The van der Waals surface area contributed by atoms with Gasteiger partial charge in [-0.15, -0.1) is 0 Å². The molecular weight excluding hydrogens is 320 g/mol. The highest BCUT2D eigenvalue weighted by Gasteiger charge is 2.11. The average molecular weight is 343 g/mol. The van der Waals surface area contributed by atoms with Crippen molar-refractivity contribution in [1.82, 2.24) is 15.0 Å². The molecule has 24 heavy (non-hydrogen) atoms. The van der Waals surface area contributed by atoms with Crippen LogP contribution in [0.3, 0.4) is 0 Å². The van der Waals surface area contributed by atoms with Crippen molar-refractivity contribution < 1.29 is 0 Å². The number of hydrogen-bond donors (Lipinski definition) is 2. The Morgan fingerprint density at radius 2 is 2.08 bits per heavy atom. The van der Waals surface area contributed by atoms with Gasteiger partial charge < -0.3 is 10.3 Å². The number of fused-ring (bicyclic) bond motifs is 1. The summed E-state index contributed by atoms with van der Waals surface area (Å²) < 4.78 is 0. The predicted octanol–water partition coefficient (Wildman–Crippen LogP) is 5.52. The molecule has 0 saturated carbocycles. The standard InChI is InChI=1S/C19H23ClN4/c1-19(2,3)7-5-9-21-17-11-13(10-16(20)24-17)15-12-23-18-14(15)6-4-8-22-18/h4,6,8,10-12H,5,7,9H2,1-3H3,(H,21,24)(H,22,23). The first kappa shape index (κ1) is 16.8. The van der Waals surface area contributed by atoms with Crippen LogP contribution < -0.4 is 5.32 Å². The van der Waals surface area contributed by atoms with Gasteiger partial charge >= 0.3 is 0 Å². The summed E-state index contributed by atoms with van der Waals surface area (Å²) in [5, 5.41) is 4.96. The van der Waals surface area contributed by atoms with E-state index in [1.54, 1.807) is 6.20 Å². The summed E-state index contributed by atoms with van der Waals surface area (Å²) in [6.45, 7) is 7.66. The molecule has 3 aromatic heterocycles.